The number of hydrogen-bond acceptors (Lipinski definition) is 5. The van der Waals surface area contributed by atoms with Gasteiger partial charge in [-0.25, -0.2) is 18.9 Å². The zero-order valence-corrected chi connectivity index (χ0v) is 11.4. The van der Waals surface area contributed by atoms with Gasteiger partial charge in [0.15, 0.2) is 0 Å². The highest BCUT2D eigenvalue weighted by Gasteiger charge is 2.18. The highest BCUT2D eigenvalue weighted by atomic mass is 32.2. The third-order valence-corrected chi connectivity index (χ3v) is 3.27. The maximum atomic E-state index is 11.7. The molecule has 0 spiro atoms. The first-order chi connectivity index (χ1) is 8.25. The molecule has 1 aromatic rings. The minimum atomic E-state index is -3.47. The molecule has 0 aliphatic rings. The van der Waals surface area contributed by atoms with Gasteiger partial charge in [0.25, 0.3) is 0 Å². The largest absolute Gasteiger partial charge is 0.465 e. The smallest absolute Gasteiger partial charge is 0.339 e. The van der Waals surface area contributed by atoms with Crippen LogP contribution in [0, 0.1) is 4.78 Å². The molecule has 1 unspecified atom stereocenters. The Morgan fingerprint density at radius 2 is 2.11 bits per heavy atom. The Morgan fingerprint density at radius 1 is 1.50 bits per heavy atom. The number of hydrogen-bond donors (Lipinski definition) is 2. The van der Waals surface area contributed by atoms with Crippen LogP contribution >= 0.6 is 0 Å². The van der Waals surface area contributed by atoms with Gasteiger partial charge in [0.05, 0.1) is 17.6 Å². The summed E-state index contributed by atoms with van der Waals surface area (Å²) in [5.74, 6) is -0.646. The fourth-order valence-corrected chi connectivity index (χ4v) is 2.36. The number of carbonyl (C=O) groups excluding carboxylic acids is 1. The van der Waals surface area contributed by atoms with Gasteiger partial charge in [-0.15, -0.1) is 0 Å². The number of nitrogens with one attached hydrogen (secondary N) is 1. The number of rotatable bonds is 4. The fourth-order valence-electron chi connectivity index (χ4n) is 1.56. The molecule has 0 radical (unpaired) electrons. The van der Waals surface area contributed by atoms with E-state index in [0.717, 1.165) is 5.56 Å². The van der Waals surface area contributed by atoms with Crippen LogP contribution in [0.15, 0.2) is 23.1 Å². The zero-order chi connectivity index (χ0) is 13.9. The molecular weight excluding hydrogens is 254 g/mol. The predicted molar refractivity (Wildman–Crippen MR) is 68.5 cm³/mol. The van der Waals surface area contributed by atoms with Crippen molar-refractivity contribution in [3.63, 3.8) is 0 Å². The van der Waals surface area contributed by atoms with E-state index in [9.17, 15) is 9.00 Å². The van der Waals surface area contributed by atoms with E-state index in [0.29, 0.717) is 6.54 Å². The molecule has 100 valence electrons. The van der Waals surface area contributed by atoms with Crippen LogP contribution in [0.5, 0.6) is 0 Å². The average molecular weight is 271 g/mol. The van der Waals surface area contributed by atoms with Crippen molar-refractivity contribution in [1.82, 2.24) is 4.90 Å². The van der Waals surface area contributed by atoms with Crippen molar-refractivity contribution in [2.24, 2.45) is 5.14 Å². The highest BCUT2D eigenvalue weighted by molar-refractivity contribution is 7.90. The molecule has 1 atom stereocenters. The number of nitrogens with zero attached hydrogens (tertiary/aromatic N) is 1. The molecule has 0 saturated carbocycles. The van der Waals surface area contributed by atoms with E-state index < -0.39 is 15.9 Å². The van der Waals surface area contributed by atoms with Gasteiger partial charge in [-0.2, -0.15) is 0 Å². The van der Waals surface area contributed by atoms with Gasteiger partial charge >= 0.3 is 5.97 Å². The Kier molecular flexibility index (Phi) is 4.44. The third-order valence-electron chi connectivity index (χ3n) is 2.28. The van der Waals surface area contributed by atoms with Gasteiger partial charge in [0.2, 0.25) is 0 Å². The first-order valence-corrected chi connectivity index (χ1v) is 6.80. The molecule has 0 saturated heterocycles. The number of nitrogens with two attached hydrogens (primary N) is 1. The van der Waals surface area contributed by atoms with E-state index in [-0.39, 0.29) is 10.5 Å². The van der Waals surface area contributed by atoms with Crippen LogP contribution in [-0.4, -0.2) is 36.3 Å². The van der Waals surface area contributed by atoms with E-state index in [1.54, 1.807) is 6.07 Å². The maximum absolute atomic E-state index is 11.7. The standard InChI is InChI=1S/C11H17N3O3S/c1-14(2)7-8-4-5-9(11(15)17-3)10(6-8)18(12,13)16/h4-6H,7H2,1-3H3,(H3,12,13,16). The second-order valence-electron chi connectivity index (χ2n) is 4.16. The first kappa shape index (κ1) is 14.6. The average Bonchev–Trinajstić information content (AvgIpc) is 2.26. The van der Waals surface area contributed by atoms with Gasteiger partial charge in [-0.3, -0.25) is 0 Å². The Hall–Kier alpha value is -1.44. The summed E-state index contributed by atoms with van der Waals surface area (Å²) in [6.45, 7) is 0.601. The number of methoxy groups -OCH3 is 1. The molecule has 7 heteroatoms. The zero-order valence-electron chi connectivity index (χ0n) is 10.6. The maximum Gasteiger partial charge on any atom is 0.339 e. The monoisotopic (exact) mass is 271 g/mol. The molecule has 0 aliphatic carbocycles. The lowest BCUT2D eigenvalue weighted by atomic mass is 10.1. The van der Waals surface area contributed by atoms with Crippen LogP contribution in [0.4, 0.5) is 0 Å². The summed E-state index contributed by atoms with van der Waals surface area (Å²) in [5.41, 5.74) is 0.899. The van der Waals surface area contributed by atoms with Crippen molar-refractivity contribution in [2.45, 2.75) is 11.4 Å². The number of ether oxygens (including phenoxy) is 1. The molecule has 18 heavy (non-hydrogen) atoms. The summed E-state index contributed by atoms with van der Waals surface area (Å²) >= 11 is 0. The van der Waals surface area contributed by atoms with E-state index >= 15 is 0 Å². The first-order valence-electron chi connectivity index (χ1n) is 5.18. The van der Waals surface area contributed by atoms with Crippen molar-refractivity contribution in [1.29, 1.82) is 4.78 Å². The summed E-state index contributed by atoms with van der Waals surface area (Å²) in [5, 5.41) is 5.32. The van der Waals surface area contributed by atoms with Crippen molar-refractivity contribution in [3.05, 3.63) is 29.3 Å². The molecular formula is C11H17N3O3S. The lowest BCUT2D eigenvalue weighted by Crippen LogP contribution is -2.18. The molecule has 0 amide bonds. The number of esters is 1. The van der Waals surface area contributed by atoms with Crippen molar-refractivity contribution >= 4 is 15.9 Å². The van der Waals surface area contributed by atoms with Crippen molar-refractivity contribution in [3.8, 4) is 0 Å². The topological polar surface area (TPSA) is 96.5 Å². The summed E-state index contributed by atoms with van der Waals surface area (Å²) in [6, 6.07) is 4.73. The minimum Gasteiger partial charge on any atom is -0.465 e. The second-order valence-corrected chi connectivity index (χ2v) is 5.80. The van der Waals surface area contributed by atoms with E-state index in [2.05, 4.69) is 4.74 Å². The Labute approximate surface area is 107 Å². The van der Waals surface area contributed by atoms with Crippen LogP contribution in [0.25, 0.3) is 0 Å². The van der Waals surface area contributed by atoms with Crippen LogP contribution in [0.1, 0.15) is 15.9 Å². The number of benzene rings is 1. The minimum absolute atomic E-state index is 0.00806. The Morgan fingerprint density at radius 3 is 2.56 bits per heavy atom. The molecule has 0 heterocycles. The van der Waals surface area contributed by atoms with Gasteiger partial charge in [-0.05, 0) is 31.8 Å². The lowest BCUT2D eigenvalue weighted by Gasteiger charge is -2.13. The summed E-state index contributed by atoms with van der Waals surface area (Å²) in [7, 11) is 1.52. The molecule has 1 aromatic carbocycles. The van der Waals surface area contributed by atoms with Crippen molar-refractivity contribution in [2.75, 3.05) is 21.2 Å². The van der Waals surface area contributed by atoms with Gasteiger partial charge in [0.1, 0.15) is 9.92 Å². The molecule has 0 bridgehead atoms. The van der Waals surface area contributed by atoms with Gasteiger partial charge in [0, 0.05) is 6.54 Å². The SMILES string of the molecule is COC(=O)c1ccc(CN(C)C)cc1S(=N)(N)=O. The van der Waals surface area contributed by atoms with Crippen LogP contribution in [-0.2, 0) is 21.2 Å². The summed E-state index contributed by atoms with van der Waals surface area (Å²) in [4.78, 5) is 13.4. The van der Waals surface area contributed by atoms with Crippen LogP contribution in [0.3, 0.4) is 0 Å². The quantitative estimate of drug-likeness (QED) is 0.792. The third kappa shape index (κ3) is 3.52. The van der Waals surface area contributed by atoms with Crippen LogP contribution < -0.4 is 5.14 Å². The molecule has 0 fully saturated rings. The molecule has 3 N–H and O–H groups in total. The lowest BCUT2D eigenvalue weighted by molar-refractivity contribution is 0.0596. The fraction of sp³-hybridized carbons (Fsp3) is 0.364. The second kappa shape index (κ2) is 5.47. The number of carbonyl (C=O) groups is 1. The van der Waals surface area contributed by atoms with Crippen LogP contribution in [0.2, 0.25) is 0 Å². The van der Waals surface area contributed by atoms with Gasteiger partial charge < -0.3 is 9.64 Å². The van der Waals surface area contributed by atoms with E-state index in [4.69, 9.17) is 9.92 Å². The van der Waals surface area contributed by atoms with Gasteiger partial charge in [-0.1, -0.05) is 6.07 Å². The molecule has 6 nitrogen and oxygen atoms in total. The Balaban J connectivity index is 3.35. The summed E-state index contributed by atoms with van der Waals surface area (Å²) < 4.78 is 23.7. The van der Waals surface area contributed by atoms with E-state index in [1.165, 1.54) is 19.2 Å². The van der Waals surface area contributed by atoms with E-state index in [1.807, 2.05) is 19.0 Å². The molecule has 0 aromatic heterocycles. The normalized spacial score (nSPS) is 14.3. The predicted octanol–water partition coefficient (Wildman–Crippen LogP) is 0.814. The highest BCUT2D eigenvalue weighted by Crippen LogP contribution is 2.18. The molecule has 1 rings (SSSR count). The molecule has 0 aliphatic heterocycles. The summed E-state index contributed by atoms with van der Waals surface area (Å²) in [6.07, 6.45) is 0. The Bertz CT molecular complexity index is 553. The van der Waals surface area contributed by atoms with Crippen molar-refractivity contribution < 1.29 is 13.7 Å².